The first-order valence-electron chi connectivity index (χ1n) is 11.8. The Labute approximate surface area is 210 Å². The SMILES string of the molecule is CCNC(=NCC(c1ccc(C)s1)N1CCOCC1)NCCC1CCN(CC)CC1.I. The third kappa shape index (κ3) is 8.79. The van der Waals surface area contributed by atoms with Crippen LogP contribution in [0.5, 0.6) is 0 Å². The number of aryl methyl sites for hydroxylation is 1. The summed E-state index contributed by atoms with van der Waals surface area (Å²) in [5.74, 6) is 1.80. The number of aliphatic imine (C=N–C) groups is 1. The maximum absolute atomic E-state index is 5.58. The average Bonchev–Trinajstić information content (AvgIpc) is 3.21. The normalized spacial score (nSPS) is 20.3. The van der Waals surface area contributed by atoms with E-state index >= 15 is 0 Å². The fourth-order valence-corrected chi connectivity index (χ4v) is 5.42. The molecule has 0 aromatic carbocycles. The summed E-state index contributed by atoms with van der Waals surface area (Å²) in [5.41, 5.74) is 0. The van der Waals surface area contributed by atoms with E-state index in [-0.39, 0.29) is 24.0 Å². The second kappa shape index (κ2) is 14.7. The second-order valence-electron chi connectivity index (χ2n) is 8.43. The molecular weight excluding hydrogens is 521 g/mol. The molecule has 8 heteroatoms. The highest BCUT2D eigenvalue weighted by Crippen LogP contribution is 2.28. The molecule has 0 bridgehead atoms. The number of thiophene rings is 1. The van der Waals surface area contributed by atoms with Gasteiger partial charge in [0.2, 0.25) is 0 Å². The molecule has 0 radical (unpaired) electrons. The summed E-state index contributed by atoms with van der Waals surface area (Å²) >= 11 is 1.90. The van der Waals surface area contributed by atoms with Crippen molar-refractivity contribution in [2.45, 2.75) is 46.1 Å². The minimum Gasteiger partial charge on any atom is -0.379 e. The van der Waals surface area contributed by atoms with Crippen LogP contribution in [0.2, 0.25) is 0 Å². The van der Waals surface area contributed by atoms with E-state index in [9.17, 15) is 0 Å². The van der Waals surface area contributed by atoms with Gasteiger partial charge in [-0.3, -0.25) is 9.89 Å². The van der Waals surface area contributed by atoms with E-state index in [1.807, 2.05) is 11.3 Å². The molecule has 1 aromatic heterocycles. The maximum atomic E-state index is 5.58. The predicted molar refractivity (Wildman–Crippen MR) is 143 cm³/mol. The van der Waals surface area contributed by atoms with Crippen LogP contribution in [0.15, 0.2) is 17.1 Å². The lowest BCUT2D eigenvalue weighted by molar-refractivity contribution is 0.0186. The topological polar surface area (TPSA) is 52.1 Å². The largest absolute Gasteiger partial charge is 0.379 e. The van der Waals surface area contributed by atoms with Crippen molar-refractivity contribution in [1.82, 2.24) is 20.4 Å². The minimum atomic E-state index is 0. The zero-order valence-electron chi connectivity index (χ0n) is 19.6. The molecule has 0 saturated carbocycles. The maximum Gasteiger partial charge on any atom is 0.191 e. The molecule has 6 nitrogen and oxygen atoms in total. The number of guanidine groups is 1. The van der Waals surface area contributed by atoms with Gasteiger partial charge in [0.15, 0.2) is 5.96 Å². The van der Waals surface area contributed by atoms with E-state index < -0.39 is 0 Å². The van der Waals surface area contributed by atoms with E-state index in [2.05, 4.69) is 53.3 Å². The molecule has 2 aliphatic rings. The lowest BCUT2D eigenvalue weighted by Gasteiger charge is -2.33. The van der Waals surface area contributed by atoms with Gasteiger partial charge in [-0.05, 0) is 70.8 Å². The van der Waals surface area contributed by atoms with Crippen LogP contribution < -0.4 is 10.6 Å². The summed E-state index contributed by atoms with van der Waals surface area (Å²) in [4.78, 5) is 12.9. The van der Waals surface area contributed by atoms with Crippen LogP contribution in [-0.2, 0) is 4.74 Å². The summed E-state index contributed by atoms with van der Waals surface area (Å²) in [5, 5.41) is 7.04. The van der Waals surface area contributed by atoms with Gasteiger partial charge in [0.1, 0.15) is 0 Å². The number of hydrogen-bond acceptors (Lipinski definition) is 5. The third-order valence-corrected chi connectivity index (χ3v) is 7.44. The Morgan fingerprint density at radius 1 is 1.16 bits per heavy atom. The zero-order chi connectivity index (χ0) is 21.2. The van der Waals surface area contributed by atoms with Gasteiger partial charge in [-0.2, -0.15) is 0 Å². The number of morpholine rings is 1. The number of hydrogen-bond donors (Lipinski definition) is 2. The van der Waals surface area contributed by atoms with Crippen molar-refractivity contribution in [2.24, 2.45) is 10.9 Å². The lowest BCUT2D eigenvalue weighted by atomic mass is 9.93. The van der Waals surface area contributed by atoms with Crippen LogP contribution in [0.25, 0.3) is 0 Å². The van der Waals surface area contributed by atoms with Gasteiger partial charge >= 0.3 is 0 Å². The monoisotopic (exact) mass is 563 g/mol. The fraction of sp³-hybridized carbons (Fsp3) is 0.783. The summed E-state index contributed by atoms with van der Waals surface area (Å²) in [7, 11) is 0. The number of nitrogens with zero attached hydrogens (tertiary/aromatic N) is 3. The third-order valence-electron chi connectivity index (χ3n) is 6.34. The molecule has 3 rings (SSSR count). The molecular formula is C23H42IN5OS. The summed E-state index contributed by atoms with van der Waals surface area (Å²) < 4.78 is 5.58. The van der Waals surface area contributed by atoms with Crippen molar-refractivity contribution in [3.8, 4) is 0 Å². The van der Waals surface area contributed by atoms with E-state index in [0.717, 1.165) is 57.8 Å². The smallest absolute Gasteiger partial charge is 0.191 e. The molecule has 3 heterocycles. The van der Waals surface area contributed by atoms with Gasteiger partial charge in [-0.25, -0.2) is 0 Å². The van der Waals surface area contributed by atoms with E-state index in [0.29, 0.717) is 6.04 Å². The summed E-state index contributed by atoms with van der Waals surface area (Å²) in [6.07, 6.45) is 3.90. The van der Waals surface area contributed by atoms with Crippen molar-refractivity contribution in [1.29, 1.82) is 0 Å². The highest BCUT2D eigenvalue weighted by Gasteiger charge is 2.24. The molecule has 1 aromatic rings. The van der Waals surface area contributed by atoms with Gasteiger partial charge in [0.05, 0.1) is 25.8 Å². The van der Waals surface area contributed by atoms with Crippen LogP contribution in [0, 0.1) is 12.8 Å². The molecule has 2 fully saturated rings. The highest BCUT2D eigenvalue weighted by atomic mass is 127. The first kappa shape index (κ1) is 26.8. The zero-order valence-corrected chi connectivity index (χ0v) is 22.7. The van der Waals surface area contributed by atoms with Crippen LogP contribution in [-0.4, -0.2) is 81.3 Å². The molecule has 31 heavy (non-hydrogen) atoms. The van der Waals surface area contributed by atoms with Gasteiger partial charge in [0.25, 0.3) is 0 Å². The summed E-state index contributed by atoms with van der Waals surface area (Å²) in [6.45, 7) is 16.6. The molecule has 1 unspecified atom stereocenters. The number of ether oxygens (including phenoxy) is 1. The van der Waals surface area contributed by atoms with Crippen LogP contribution in [0.3, 0.4) is 0 Å². The second-order valence-corrected chi connectivity index (χ2v) is 9.74. The Hall–Kier alpha value is -0.420. The van der Waals surface area contributed by atoms with Crippen LogP contribution in [0.4, 0.5) is 0 Å². The van der Waals surface area contributed by atoms with Gasteiger partial charge in [0, 0.05) is 35.9 Å². The summed E-state index contributed by atoms with van der Waals surface area (Å²) in [6, 6.07) is 4.84. The lowest BCUT2D eigenvalue weighted by Crippen LogP contribution is -2.42. The molecule has 2 N–H and O–H groups in total. The highest BCUT2D eigenvalue weighted by molar-refractivity contribution is 14.0. The molecule has 178 valence electrons. The number of piperidine rings is 1. The van der Waals surface area contributed by atoms with Gasteiger partial charge in [-0.1, -0.05) is 6.92 Å². The Morgan fingerprint density at radius 3 is 2.52 bits per heavy atom. The molecule has 1 atom stereocenters. The predicted octanol–water partition coefficient (Wildman–Crippen LogP) is 3.72. The molecule has 2 aliphatic heterocycles. The van der Waals surface area contributed by atoms with Crippen molar-refractivity contribution >= 4 is 41.3 Å². The van der Waals surface area contributed by atoms with Gasteiger partial charge < -0.3 is 20.3 Å². The molecule has 0 spiro atoms. The van der Waals surface area contributed by atoms with E-state index in [4.69, 9.17) is 9.73 Å². The number of halogens is 1. The van der Waals surface area contributed by atoms with Gasteiger partial charge in [-0.15, -0.1) is 35.3 Å². The molecule has 0 aliphatic carbocycles. The van der Waals surface area contributed by atoms with E-state index in [1.54, 1.807) is 0 Å². The Kier molecular flexibility index (Phi) is 12.7. The minimum absolute atomic E-state index is 0. The first-order valence-corrected chi connectivity index (χ1v) is 12.6. The Bertz CT molecular complexity index is 642. The number of likely N-dealkylation sites (tertiary alicyclic amines) is 1. The first-order chi connectivity index (χ1) is 14.7. The Balaban J connectivity index is 0.00000341. The Morgan fingerprint density at radius 2 is 1.90 bits per heavy atom. The van der Waals surface area contributed by atoms with E-state index in [1.165, 1.54) is 48.7 Å². The van der Waals surface area contributed by atoms with Crippen molar-refractivity contribution in [3.05, 3.63) is 21.9 Å². The fourth-order valence-electron chi connectivity index (χ4n) is 4.41. The molecule has 0 amide bonds. The molecule has 2 saturated heterocycles. The van der Waals surface area contributed by atoms with Crippen molar-refractivity contribution in [3.63, 3.8) is 0 Å². The number of nitrogens with one attached hydrogen (secondary N) is 2. The van der Waals surface area contributed by atoms with Crippen LogP contribution in [0.1, 0.15) is 48.9 Å². The quantitative estimate of drug-likeness (QED) is 0.273. The van der Waals surface area contributed by atoms with Crippen molar-refractivity contribution < 1.29 is 4.74 Å². The number of rotatable bonds is 9. The van der Waals surface area contributed by atoms with Crippen LogP contribution >= 0.6 is 35.3 Å². The average molecular weight is 564 g/mol. The van der Waals surface area contributed by atoms with Crippen molar-refractivity contribution in [2.75, 3.05) is 65.6 Å². The standard InChI is InChI=1S/C23H41N5OS.HI/c1-4-24-23(25-11-8-20-9-12-27(5-2)13-10-20)26-18-21(22-7-6-19(3)30-22)28-14-16-29-17-15-28;/h6-7,20-21H,4-5,8-18H2,1-3H3,(H2,24,25,26);1H.